The third kappa shape index (κ3) is 3.73. The van der Waals surface area contributed by atoms with Crippen LogP contribution >= 0.6 is 0 Å². The van der Waals surface area contributed by atoms with Crippen molar-refractivity contribution in [1.82, 2.24) is 10.2 Å². The second kappa shape index (κ2) is 9.24. The standard InChI is InChI=1S/C22H14N2O6.Ce.H2O/c25-19-11-5-1-3-7-14(11)29-21(27)17(19)16(13-9-10-23-24-13)18-20(26)12-6-2-4-8-15(12)30-22(18)28;;/h1-10,16,25-26H,(H,23,24);;1H2. The minimum atomic E-state index is -1.20. The summed E-state index contributed by atoms with van der Waals surface area (Å²) in [5, 5.41) is 29.1. The first kappa shape index (κ1) is 23.7. The zero-order valence-electron chi connectivity index (χ0n) is 16.3. The molecule has 0 bridgehead atoms. The molecule has 5 rings (SSSR count). The molecular weight excluding hydrogens is 544 g/mol. The Morgan fingerprint density at radius 1 is 0.781 bits per heavy atom. The molecule has 0 unspecified atom stereocenters. The van der Waals surface area contributed by atoms with Crippen LogP contribution in [0.4, 0.5) is 0 Å². The Morgan fingerprint density at radius 3 is 1.69 bits per heavy atom. The van der Waals surface area contributed by atoms with E-state index >= 15 is 0 Å². The molecule has 5 aromatic rings. The van der Waals surface area contributed by atoms with E-state index in [2.05, 4.69) is 10.2 Å². The second-order valence-corrected chi connectivity index (χ2v) is 6.74. The van der Waals surface area contributed by atoms with Gasteiger partial charge in [0.2, 0.25) is 0 Å². The van der Waals surface area contributed by atoms with Gasteiger partial charge in [0, 0.05) is 53.6 Å². The molecule has 32 heavy (non-hydrogen) atoms. The zero-order valence-corrected chi connectivity index (χ0v) is 19.5. The monoisotopic (exact) mass is 560 g/mol. The predicted molar refractivity (Wildman–Crippen MR) is 111 cm³/mol. The van der Waals surface area contributed by atoms with E-state index in [4.69, 9.17) is 8.83 Å². The number of aromatic nitrogens is 2. The van der Waals surface area contributed by atoms with Crippen LogP contribution in [0.1, 0.15) is 22.7 Å². The molecule has 0 saturated heterocycles. The third-order valence-corrected chi connectivity index (χ3v) is 5.05. The van der Waals surface area contributed by atoms with Crippen LogP contribution in [0.25, 0.3) is 21.9 Å². The fourth-order valence-corrected chi connectivity index (χ4v) is 3.69. The molecule has 10 heteroatoms. The van der Waals surface area contributed by atoms with Crippen LogP contribution in [0.5, 0.6) is 11.5 Å². The molecule has 0 aliphatic rings. The molecule has 0 spiro atoms. The van der Waals surface area contributed by atoms with E-state index in [1.165, 1.54) is 12.3 Å². The first-order valence-electron chi connectivity index (χ1n) is 9.05. The Bertz CT molecular complexity index is 1420. The quantitative estimate of drug-likeness (QED) is 0.286. The maximum absolute atomic E-state index is 12.9. The van der Waals surface area contributed by atoms with Crippen molar-refractivity contribution in [2.45, 2.75) is 5.92 Å². The fourth-order valence-electron chi connectivity index (χ4n) is 3.69. The van der Waals surface area contributed by atoms with Crippen molar-refractivity contribution < 1.29 is 66.3 Å². The number of aromatic hydroxyl groups is 2. The van der Waals surface area contributed by atoms with Crippen LogP contribution in [0.2, 0.25) is 0 Å². The van der Waals surface area contributed by atoms with Crippen molar-refractivity contribution in [3.8, 4) is 11.5 Å². The molecule has 5 N–H and O–H groups in total. The Kier molecular flexibility index (Phi) is 6.84. The summed E-state index contributed by atoms with van der Waals surface area (Å²) in [6.45, 7) is 0. The van der Waals surface area contributed by atoms with Gasteiger partial charge in [0.25, 0.3) is 0 Å². The summed E-state index contributed by atoms with van der Waals surface area (Å²) in [6.07, 6.45) is 1.43. The Morgan fingerprint density at radius 2 is 1.25 bits per heavy atom. The molecule has 3 aromatic heterocycles. The van der Waals surface area contributed by atoms with Gasteiger partial charge in [-0.3, -0.25) is 5.10 Å². The van der Waals surface area contributed by atoms with Crippen molar-refractivity contribution >= 4 is 21.9 Å². The summed E-state index contributed by atoms with van der Waals surface area (Å²) in [6, 6.07) is 14.5. The fraction of sp³-hybridized carbons (Fsp3) is 0.0455. The van der Waals surface area contributed by atoms with E-state index in [0.717, 1.165) is 0 Å². The van der Waals surface area contributed by atoms with Crippen molar-refractivity contribution in [3.63, 3.8) is 0 Å². The summed E-state index contributed by atoms with van der Waals surface area (Å²) >= 11 is 0. The molecule has 0 saturated carbocycles. The first-order valence-corrected chi connectivity index (χ1v) is 9.05. The minimum Gasteiger partial charge on any atom is -0.507 e. The largest absolute Gasteiger partial charge is 0.507 e. The van der Waals surface area contributed by atoms with E-state index in [1.54, 1.807) is 48.5 Å². The number of nitrogens with zero attached hydrogens (tertiary/aromatic N) is 1. The van der Waals surface area contributed by atoms with Crippen molar-refractivity contribution in [2.75, 3.05) is 0 Å². The smallest absolute Gasteiger partial charge is 0.344 e. The average Bonchev–Trinajstić information content (AvgIpc) is 3.27. The van der Waals surface area contributed by atoms with Gasteiger partial charge in [-0.2, -0.15) is 5.10 Å². The molecule has 0 radical (unpaired) electrons. The molecule has 0 aliphatic carbocycles. The third-order valence-electron chi connectivity index (χ3n) is 5.05. The van der Waals surface area contributed by atoms with Gasteiger partial charge in [0.15, 0.2) is 0 Å². The van der Waals surface area contributed by atoms with Gasteiger partial charge in [-0.15, -0.1) is 0 Å². The molecular formula is C22H16CeN2O7. The number of hydrogen-bond donors (Lipinski definition) is 3. The summed E-state index contributed by atoms with van der Waals surface area (Å²) in [7, 11) is 0. The van der Waals surface area contributed by atoms with E-state index in [-0.39, 0.29) is 81.0 Å². The molecule has 9 nitrogen and oxygen atoms in total. The van der Waals surface area contributed by atoms with Crippen LogP contribution in [0.15, 0.2) is 79.2 Å². The number of hydrogen-bond acceptors (Lipinski definition) is 7. The SMILES string of the molecule is O.O=c1oc2ccccc2c(O)c1C(c1ccn[nH]1)c1c(O)c2ccccc2oc1=O.[Ce]. The number of para-hydroxylation sites is 2. The van der Waals surface area contributed by atoms with Gasteiger partial charge in [0.1, 0.15) is 22.7 Å². The summed E-state index contributed by atoms with van der Waals surface area (Å²) in [5.41, 5.74) is -1.43. The number of benzene rings is 2. The first-order chi connectivity index (χ1) is 14.6. The Balaban J connectivity index is 0.00000144. The molecule has 3 heterocycles. The molecule has 0 atom stereocenters. The van der Waals surface area contributed by atoms with Gasteiger partial charge in [-0.25, -0.2) is 9.59 Å². The summed E-state index contributed by atoms with van der Waals surface area (Å²) in [4.78, 5) is 25.7. The molecule has 160 valence electrons. The predicted octanol–water partition coefficient (Wildman–Crippen LogP) is 2.39. The number of nitrogens with one attached hydrogen (secondary N) is 1. The van der Waals surface area contributed by atoms with Crippen LogP contribution in [-0.4, -0.2) is 25.9 Å². The van der Waals surface area contributed by atoms with Crippen molar-refractivity contribution in [2.24, 2.45) is 0 Å². The molecule has 0 amide bonds. The van der Waals surface area contributed by atoms with E-state index in [1.807, 2.05) is 0 Å². The molecule has 0 aliphatic heterocycles. The van der Waals surface area contributed by atoms with E-state index < -0.39 is 17.2 Å². The van der Waals surface area contributed by atoms with Crippen LogP contribution in [0, 0.1) is 41.7 Å². The van der Waals surface area contributed by atoms with Gasteiger partial charge in [-0.05, 0) is 30.3 Å². The molecule has 0 fully saturated rings. The van der Waals surface area contributed by atoms with E-state index in [9.17, 15) is 19.8 Å². The topological polar surface area (TPSA) is 161 Å². The Labute approximate surface area is 213 Å². The molecule has 2 aromatic carbocycles. The number of H-pyrrole nitrogens is 1. The minimum absolute atomic E-state index is 0. The summed E-state index contributed by atoms with van der Waals surface area (Å²) < 4.78 is 10.8. The number of aromatic amines is 1. The van der Waals surface area contributed by atoms with Crippen LogP contribution in [0.3, 0.4) is 0 Å². The Hall–Kier alpha value is -2.99. The van der Waals surface area contributed by atoms with Gasteiger partial charge in [-0.1, -0.05) is 24.3 Å². The van der Waals surface area contributed by atoms with Gasteiger partial charge < -0.3 is 24.5 Å². The zero-order chi connectivity index (χ0) is 20.8. The second-order valence-electron chi connectivity index (χ2n) is 6.74. The summed E-state index contributed by atoms with van der Waals surface area (Å²) in [5.74, 6) is -1.91. The van der Waals surface area contributed by atoms with Crippen LogP contribution in [-0.2, 0) is 0 Å². The van der Waals surface area contributed by atoms with Crippen molar-refractivity contribution in [1.29, 1.82) is 0 Å². The average molecular weight is 560 g/mol. The maximum atomic E-state index is 12.9. The number of fused-ring (bicyclic) bond motifs is 2. The van der Waals surface area contributed by atoms with Gasteiger partial charge >= 0.3 is 11.3 Å². The normalized spacial score (nSPS) is 10.8. The van der Waals surface area contributed by atoms with Crippen molar-refractivity contribution in [3.05, 3.63) is 98.5 Å². The maximum Gasteiger partial charge on any atom is 0.344 e. The van der Waals surface area contributed by atoms with Crippen LogP contribution < -0.4 is 11.3 Å². The van der Waals surface area contributed by atoms with Gasteiger partial charge in [0.05, 0.1) is 27.8 Å². The van der Waals surface area contributed by atoms with E-state index in [0.29, 0.717) is 16.5 Å². The number of rotatable bonds is 3.